The Kier molecular flexibility index (Phi) is 11.4. The van der Waals surface area contributed by atoms with Crippen LogP contribution in [0.15, 0.2) is 127 Å². The van der Waals surface area contributed by atoms with Crippen LogP contribution in [0.5, 0.6) is 0 Å². The van der Waals surface area contributed by atoms with Crippen LogP contribution in [-0.4, -0.2) is 41.6 Å². The van der Waals surface area contributed by atoms with Gasteiger partial charge in [0.05, 0.1) is 31.9 Å². The van der Waals surface area contributed by atoms with Crippen molar-refractivity contribution in [2.24, 2.45) is 0 Å². The van der Waals surface area contributed by atoms with Crippen molar-refractivity contribution in [2.45, 2.75) is 26.2 Å². The topological polar surface area (TPSA) is 202 Å². The minimum Gasteiger partial charge on any atom is -0.338 e. The fourth-order valence-electron chi connectivity index (χ4n) is 6.30. The number of nitrogens with zero attached hydrogens (tertiary/aromatic N) is 4. The average Bonchev–Trinajstić information content (AvgIpc) is 3.84. The summed E-state index contributed by atoms with van der Waals surface area (Å²) in [5, 5.41) is 29.4. The number of imidazole rings is 2. The fraction of sp³-hybridized carbons (Fsp3) is 0.0909. The summed E-state index contributed by atoms with van der Waals surface area (Å²) in [6.45, 7) is 6.58. The minimum absolute atomic E-state index is 0.0404. The summed E-state index contributed by atoms with van der Waals surface area (Å²) in [4.78, 5) is 61.6. The molecule has 0 radical (unpaired) electrons. The van der Waals surface area contributed by atoms with Crippen molar-refractivity contribution in [3.63, 3.8) is 0 Å². The lowest BCUT2D eigenvalue weighted by Gasteiger charge is -2.18. The number of hydrogen-bond donors (Lipinski definition) is 4. The number of nitro groups is 2. The molecule has 16 heteroatoms. The molecule has 4 N–H and O–H groups in total. The Morgan fingerprint density at radius 3 is 1.50 bits per heavy atom. The molecule has 0 spiro atoms. The van der Waals surface area contributed by atoms with Crippen LogP contribution in [0.1, 0.15) is 47.1 Å². The van der Waals surface area contributed by atoms with Crippen molar-refractivity contribution in [2.75, 3.05) is 10.6 Å². The Morgan fingerprint density at radius 1 is 0.600 bits per heavy atom. The number of carbonyl (C=O) groups excluding carboxylic acids is 2. The molecule has 2 aromatic heterocycles. The van der Waals surface area contributed by atoms with Crippen molar-refractivity contribution in [1.82, 2.24) is 19.9 Å². The van der Waals surface area contributed by atoms with E-state index in [4.69, 9.17) is 23.2 Å². The predicted octanol–water partition coefficient (Wildman–Crippen LogP) is 11.4. The first-order valence-electron chi connectivity index (χ1n) is 18.3. The summed E-state index contributed by atoms with van der Waals surface area (Å²) in [6.07, 6.45) is 0. The Labute approximate surface area is 351 Å². The fourth-order valence-corrected chi connectivity index (χ4v) is 6.68. The van der Waals surface area contributed by atoms with Gasteiger partial charge >= 0.3 is 0 Å². The van der Waals surface area contributed by atoms with Crippen molar-refractivity contribution < 1.29 is 19.4 Å². The van der Waals surface area contributed by atoms with E-state index in [9.17, 15) is 29.8 Å². The van der Waals surface area contributed by atoms with Gasteiger partial charge in [0.1, 0.15) is 5.82 Å². The van der Waals surface area contributed by atoms with Crippen LogP contribution in [0.25, 0.3) is 44.8 Å². The molecule has 8 aromatic rings. The van der Waals surface area contributed by atoms with Gasteiger partial charge in [0, 0.05) is 50.2 Å². The van der Waals surface area contributed by atoms with Crippen LogP contribution in [0.2, 0.25) is 10.0 Å². The normalized spacial score (nSPS) is 11.2. The zero-order chi connectivity index (χ0) is 42.7. The summed E-state index contributed by atoms with van der Waals surface area (Å²) in [6, 6.07) is 35.7. The van der Waals surface area contributed by atoms with E-state index in [0.29, 0.717) is 43.6 Å². The highest BCUT2D eigenvalue weighted by atomic mass is 35.5. The number of rotatable bonds is 8. The molecular formula is C44H34Cl2N8O6. The van der Waals surface area contributed by atoms with Crippen LogP contribution >= 0.6 is 23.2 Å². The van der Waals surface area contributed by atoms with Crippen LogP contribution in [-0.2, 0) is 5.41 Å². The van der Waals surface area contributed by atoms with E-state index < -0.39 is 27.1 Å². The lowest BCUT2D eigenvalue weighted by atomic mass is 9.87. The van der Waals surface area contributed by atoms with Gasteiger partial charge in [0.2, 0.25) is 0 Å². The first-order chi connectivity index (χ1) is 28.6. The zero-order valence-electron chi connectivity index (χ0n) is 32.1. The van der Waals surface area contributed by atoms with Crippen molar-refractivity contribution in [3.8, 4) is 22.8 Å². The number of carbonyl (C=O) groups is 2. The lowest BCUT2D eigenvalue weighted by molar-refractivity contribution is -0.392. The van der Waals surface area contributed by atoms with Crippen LogP contribution < -0.4 is 10.6 Å². The molecule has 0 aliphatic heterocycles. The number of H-pyrrole nitrogens is 2. The third kappa shape index (κ3) is 9.15. The van der Waals surface area contributed by atoms with E-state index in [1.807, 2.05) is 12.1 Å². The largest absolute Gasteiger partial charge is 0.338 e. The summed E-state index contributed by atoms with van der Waals surface area (Å²) in [5.41, 5.74) is 5.69. The predicted molar refractivity (Wildman–Crippen MR) is 234 cm³/mol. The second-order valence-corrected chi connectivity index (χ2v) is 15.4. The highest BCUT2D eigenvalue weighted by molar-refractivity contribution is 6.31. The maximum atomic E-state index is 12.6. The number of nitrogens with one attached hydrogen (secondary N) is 4. The van der Waals surface area contributed by atoms with Crippen molar-refractivity contribution in [1.29, 1.82) is 0 Å². The number of aromatic amines is 2. The number of fused-ring (bicyclic) bond motifs is 2. The van der Waals surface area contributed by atoms with Gasteiger partial charge in [-0.1, -0.05) is 80.4 Å². The number of halogens is 2. The standard InChI is InChI=1S/C24H22ClN3O.C20H12ClN5O5/c1-24(2,3)17-10-7-15(8-11-17)22-27-20-12-9-16(13-21(20)28-22)23(29)26-19-6-4-5-18(25)14-19;21-12-3-1-4-13(10-12)22-20(27)11-7-8-14-15(9-11)24-19(23-14)18-16(25(28)29)5-2-6-17(18)26(30)31/h4-14H,1-3H3,(H,26,29)(H,27,28);1-10H,(H,22,27)(H,23,24). The molecule has 0 unspecified atom stereocenters. The van der Waals surface area contributed by atoms with E-state index in [1.165, 1.54) is 35.9 Å². The number of nitro benzene ring substituents is 2. The van der Waals surface area contributed by atoms with E-state index >= 15 is 0 Å². The Balaban J connectivity index is 0.000000182. The molecule has 300 valence electrons. The van der Waals surface area contributed by atoms with Gasteiger partial charge in [-0.3, -0.25) is 29.8 Å². The molecule has 0 saturated carbocycles. The molecule has 60 heavy (non-hydrogen) atoms. The van der Waals surface area contributed by atoms with Crippen molar-refractivity contribution >= 4 is 79.8 Å². The first kappa shape index (κ1) is 40.8. The van der Waals surface area contributed by atoms with Gasteiger partial charge in [0.25, 0.3) is 23.2 Å². The molecule has 0 fully saturated rings. The molecule has 0 atom stereocenters. The summed E-state index contributed by atoms with van der Waals surface area (Å²) in [5.74, 6) is 0.145. The van der Waals surface area contributed by atoms with Crippen molar-refractivity contribution in [3.05, 3.63) is 174 Å². The quantitative estimate of drug-likeness (QED) is 0.0854. The molecule has 0 aliphatic rings. The monoisotopic (exact) mass is 840 g/mol. The molecular weight excluding hydrogens is 807 g/mol. The average molecular weight is 842 g/mol. The number of amides is 2. The van der Waals surface area contributed by atoms with Crippen LogP contribution in [0.3, 0.4) is 0 Å². The lowest BCUT2D eigenvalue weighted by Crippen LogP contribution is -2.11. The van der Waals surface area contributed by atoms with Gasteiger partial charge in [0.15, 0.2) is 11.4 Å². The number of aromatic nitrogens is 4. The molecule has 8 rings (SSSR count). The Morgan fingerprint density at radius 2 is 1.05 bits per heavy atom. The van der Waals surface area contributed by atoms with E-state index in [0.717, 1.165) is 22.4 Å². The van der Waals surface area contributed by atoms with Gasteiger partial charge in [-0.05, 0) is 89.8 Å². The number of hydrogen-bond acceptors (Lipinski definition) is 8. The van der Waals surface area contributed by atoms with E-state index in [-0.39, 0.29) is 22.7 Å². The number of anilines is 2. The number of benzene rings is 6. The summed E-state index contributed by atoms with van der Waals surface area (Å²) >= 11 is 11.9. The van der Waals surface area contributed by atoms with Gasteiger partial charge < -0.3 is 20.6 Å². The van der Waals surface area contributed by atoms with E-state index in [1.54, 1.807) is 60.7 Å². The van der Waals surface area contributed by atoms with Crippen LogP contribution in [0, 0.1) is 20.2 Å². The molecule has 0 bridgehead atoms. The van der Waals surface area contributed by atoms with Gasteiger partial charge in [-0.15, -0.1) is 0 Å². The molecule has 0 saturated heterocycles. The third-order valence-electron chi connectivity index (χ3n) is 9.33. The summed E-state index contributed by atoms with van der Waals surface area (Å²) < 4.78 is 0. The minimum atomic E-state index is -0.709. The Hall–Kier alpha value is -7.42. The highest BCUT2D eigenvalue weighted by Gasteiger charge is 2.28. The summed E-state index contributed by atoms with van der Waals surface area (Å²) in [7, 11) is 0. The van der Waals surface area contributed by atoms with Gasteiger partial charge in [-0.2, -0.15) is 0 Å². The molecule has 2 heterocycles. The first-order valence-corrected chi connectivity index (χ1v) is 19.0. The second-order valence-electron chi connectivity index (χ2n) is 14.6. The maximum Gasteiger partial charge on any atom is 0.287 e. The zero-order valence-corrected chi connectivity index (χ0v) is 33.6. The highest BCUT2D eigenvalue weighted by Crippen LogP contribution is 2.37. The molecule has 14 nitrogen and oxygen atoms in total. The third-order valence-corrected chi connectivity index (χ3v) is 9.80. The smallest absolute Gasteiger partial charge is 0.287 e. The molecule has 2 amide bonds. The Bertz CT molecular complexity index is 2920. The molecule has 6 aromatic carbocycles. The van der Waals surface area contributed by atoms with Crippen LogP contribution in [0.4, 0.5) is 22.7 Å². The second kappa shape index (κ2) is 16.8. The SMILES string of the molecule is CC(C)(C)c1ccc(-c2nc3ccc(C(=O)Nc4cccc(Cl)c4)cc3[nH]2)cc1.O=C(Nc1cccc(Cl)c1)c1ccc2nc(-c3c([N+](=O)[O-])cccc3[N+](=O)[O-])[nH]c2c1. The molecule has 0 aliphatic carbocycles. The van der Waals surface area contributed by atoms with E-state index in [2.05, 4.69) is 75.6 Å². The maximum absolute atomic E-state index is 12.6. The van der Waals surface area contributed by atoms with Gasteiger partial charge in [-0.25, -0.2) is 9.97 Å².